The van der Waals surface area contributed by atoms with Crippen molar-refractivity contribution in [3.63, 3.8) is 0 Å². The van der Waals surface area contributed by atoms with Gasteiger partial charge in [-0.25, -0.2) is 4.79 Å². The fraction of sp³-hybridized carbons (Fsp3) is 0.478. The molecule has 2 saturated heterocycles. The summed E-state index contributed by atoms with van der Waals surface area (Å²) in [5, 5.41) is 3.14. The van der Waals surface area contributed by atoms with Crippen molar-refractivity contribution in [2.24, 2.45) is 4.99 Å². The Morgan fingerprint density at radius 3 is 2.63 bits per heavy atom. The van der Waals surface area contributed by atoms with E-state index in [1.807, 2.05) is 29.3 Å². The van der Waals surface area contributed by atoms with Crippen LogP contribution in [0.3, 0.4) is 0 Å². The van der Waals surface area contributed by atoms with Crippen LogP contribution in [0.25, 0.3) is 0 Å². The Morgan fingerprint density at radius 1 is 1.10 bits per heavy atom. The molecular weight excluding hydrogens is 376 g/mol. The number of carbonyl (C=O) groups excluding carboxylic acids is 1. The maximum Gasteiger partial charge on any atom is 0.328 e. The number of hydrogen-bond donors (Lipinski definition) is 1. The summed E-state index contributed by atoms with van der Waals surface area (Å²) in [7, 11) is 0. The molecule has 0 radical (unpaired) electrons. The number of amidine groups is 1. The molecule has 0 aromatic carbocycles. The summed E-state index contributed by atoms with van der Waals surface area (Å²) in [5.41, 5.74) is 1.55. The molecule has 3 fully saturated rings. The monoisotopic (exact) mass is 404 g/mol. The van der Waals surface area contributed by atoms with Gasteiger partial charge in [-0.1, -0.05) is 18.9 Å². The van der Waals surface area contributed by atoms with Crippen molar-refractivity contribution < 1.29 is 4.79 Å². The highest BCUT2D eigenvalue weighted by Gasteiger charge is 2.53. The lowest BCUT2D eigenvalue weighted by Crippen LogP contribution is -2.60. The molecule has 2 aliphatic heterocycles. The van der Waals surface area contributed by atoms with E-state index in [0.29, 0.717) is 6.04 Å². The van der Waals surface area contributed by atoms with E-state index < -0.39 is 5.54 Å². The average Bonchev–Trinajstić information content (AvgIpc) is 3.36. The zero-order valence-corrected chi connectivity index (χ0v) is 17.2. The van der Waals surface area contributed by atoms with Crippen LogP contribution in [0.4, 0.5) is 10.5 Å². The minimum absolute atomic E-state index is 0.0945. The Bertz CT molecular complexity index is 912. The van der Waals surface area contributed by atoms with Gasteiger partial charge < -0.3 is 0 Å². The van der Waals surface area contributed by atoms with E-state index in [4.69, 9.17) is 4.99 Å². The molecule has 2 aromatic heterocycles. The third-order valence-electron chi connectivity index (χ3n) is 6.52. The van der Waals surface area contributed by atoms with Crippen molar-refractivity contribution in [3.05, 3.63) is 54.6 Å². The lowest BCUT2D eigenvalue weighted by Gasteiger charge is -2.44. The first-order valence-electron chi connectivity index (χ1n) is 11.0. The number of aliphatic imine (C=N–C) groups is 1. The van der Waals surface area contributed by atoms with Crippen LogP contribution in [0.1, 0.15) is 44.1 Å². The van der Waals surface area contributed by atoms with Crippen molar-refractivity contribution >= 4 is 17.6 Å². The number of urea groups is 1. The first-order chi connectivity index (χ1) is 14.7. The highest BCUT2D eigenvalue weighted by molar-refractivity contribution is 6.19. The number of pyridine rings is 2. The quantitative estimate of drug-likeness (QED) is 0.848. The molecule has 3 aliphatic rings. The fourth-order valence-corrected chi connectivity index (χ4v) is 5.18. The van der Waals surface area contributed by atoms with Gasteiger partial charge in [0.05, 0.1) is 17.9 Å². The minimum atomic E-state index is -0.469. The van der Waals surface area contributed by atoms with Gasteiger partial charge in [0.15, 0.2) is 0 Å². The summed E-state index contributed by atoms with van der Waals surface area (Å²) in [5.74, 6) is 0.846. The number of carbonyl (C=O) groups is 1. The van der Waals surface area contributed by atoms with Gasteiger partial charge in [0.2, 0.25) is 0 Å². The highest BCUT2D eigenvalue weighted by Crippen LogP contribution is 2.37. The van der Waals surface area contributed by atoms with Crippen LogP contribution in [-0.4, -0.2) is 51.4 Å². The summed E-state index contributed by atoms with van der Waals surface area (Å²) >= 11 is 0. The smallest absolute Gasteiger partial charge is 0.296 e. The summed E-state index contributed by atoms with van der Waals surface area (Å²) < 4.78 is 0. The molecule has 1 aliphatic carbocycles. The number of nitrogens with one attached hydrogen (secondary N) is 1. The summed E-state index contributed by atoms with van der Waals surface area (Å²) in [4.78, 5) is 31.1. The molecule has 1 saturated carbocycles. The normalized spacial score (nSPS) is 26.6. The third-order valence-corrected chi connectivity index (χ3v) is 6.52. The molecule has 2 aromatic rings. The molecule has 1 unspecified atom stereocenters. The summed E-state index contributed by atoms with van der Waals surface area (Å²) in [6.45, 7) is 2.57. The largest absolute Gasteiger partial charge is 0.328 e. The van der Waals surface area contributed by atoms with Crippen LogP contribution in [0.5, 0.6) is 0 Å². The van der Waals surface area contributed by atoms with Gasteiger partial charge >= 0.3 is 6.03 Å². The second-order valence-electron chi connectivity index (χ2n) is 8.60. The van der Waals surface area contributed by atoms with Gasteiger partial charge in [0.25, 0.3) is 0 Å². The summed E-state index contributed by atoms with van der Waals surface area (Å²) in [6.07, 6.45) is 13.8. The Morgan fingerprint density at radius 2 is 1.90 bits per heavy atom. The molecule has 1 spiro atoms. The number of aromatic nitrogens is 2. The van der Waals surface area contributed by atoms with Crippen LogP contribution in [0, 0.1) is 0 Å². The fourth-order valence-electron chi connectivity index (χ4n) is 5.18. The molecular formula is C23H28N6O. The Kier molecular flexibility index (Phi) is 5.21. The van der Waals surface area contributed by atoms with E-state index in [2.05, 4.69) is 26.3 Å². The van der Waals surface area contributed by atoms with Crippen LogP contribution < -0.4 is 10.2 Å². The van der Waals surface area contributed by atoms with Gasteiger partial charge in [0, 0.05) is 31.7 Å². The Balaban J connectivity index is 1.51. The number of rotatable bonds is 4. The molecule has 5 rings (SSSR count). The van der Waals surface area contributed by atoms with E-state index in [-0.39, 0.29) is 6.03 Å². The number of anilines is 1. The topological polar surface area (TPSA) is 73.7 Å². The van der Waals surface area contributed by atoms with E-state index in [1.54, 1.807) is 18.6 Å². The van der Waals surface area contributed by atoms with E-state index in [9.17, 15) is 4.79 Å². The van der Waals surface area contributed by atoms with Crippen LogP contribution in [-0.2, 0) is 6.54 Å². The number of hydrogen-bond acceptors (Lipinski definition) is 5. The first-order valence-corrected chi connectivity index (χ1v) is 11.0. The second-order valence-corrected chi connectivity index (χ2v) is 8.60. The lowest BCUT2D eigenvalue weighted by molar-refractivity contribution is 0.176. The standard InChI is InChI=1S/C23H28N6O/c30-22-27-21(26-19-7-1-2-8-19)23(29(22)20-9-4-12-25-15-20)10-5-13-28(17-23)16-18-6-3-11-24-14-18/h3-4,6,9,11-12,14-15,19H,1-2,5,7-8,10,13,16-17H2,(H,26,27,30). The molecule has 4 heterocycles. The van der Waals surface area contributed by atoms with Gasteiger partial charge in [-0.2, -0.15) is 0 Å². The maximum atomic E-state index is 13.2. The first kappa shape index (κ1) is 19.2. The van der Waals surface area contributed by atoms with Crippen molar-refractivity contribution in [2.45, 2.75) is 56.7 Å². The highest BCUT2D eigenvalue weighted by atomic mass is 16.2. The SMILES string of the molecule is O=C1NC(=NC2CCCC2)C2(CCCN(Cc3cccnc3)C2)N1c1cccnc1. The molecule has 1 N–H and O–H groups in total. The lowest BCUT2D eigenvalue weighted by atomic mass is 9.86. The van der Waals surface area contributed by atoms with Crippen LogP contribution >= 0.6 is 0 Å². The molecule has 0 bridgehead atoms. The van der Waals surface area contributed by atoms with E-state index in [1.165, 1.54) is 18.4 Å². The molecule has 156 valence electrons. The van der Waals surface area contributed by atoms with Gasteiger partial charge in [-0.15, -0.1) is 0 Å². The predicted octanol–water partition coefficient (Wildman–Crippen LogP) is 3.38. The van der Waals surface area contributed by atoms with Crippen LogP contribution in [0.15, 0.2) is 54.0 Å². The molecule has 7 nitrogen and oxygen atoms in total. The zero-order chi connectivity index (χ0) is 20.4. The number of nitrogens with zero attached hydrogens (tertiary/aromatic N) is 5. The third kappa shape index (κ3) is 3.58. The Labute approximate surface area is 177 Å². The molecule has 2 amide bonds. The van der Waals surface area contributed by atoms with Gasteiger partial charge in [-0.3, -0.25) is 30.1 Å². The Hall–Kier alpha value is -2.80. The maximum absolute atomic E-state index is 13.2. The van der Waals surface area contributed by atoms with Crippen LogP contribution in [0.2, 0.25) is 0 Å². The predicted molar refractivity (Wildman–Crippen MR) is 116 cm³/mol. The van der Waals surface area contributed by atoms with Crippen molar-refractivity contribution in [1.82, 2.24) is 20.2 Å². The van der Waals surface area contributed by atoms with E-state index >= 15 is 0 Å². The van der Waals surface area contributed by atoms with Crippen molar-refractivity contribution in [2.75, 3.05) is 18.0 Å². The molecule has 7 heteroatoms. The average molecular weight is 405 g/mol. The number of likely N-dealkylation sites (tertiary alicyclic amines) is 1. The zero-order valence-electron chi connectivity index (χ0n) is 17.2. The van der Waals surface area contributed by atoms with Gasteiger partial charge in [0.1, 0.15) is 11.4 Å². The molecule has 1 atom stereocenters. The number of piperidine rings is 1. The molecule has 30 heavy (non-hydrogen) atoms. The van der Waals surface area contributed by atoms with Crippen molar-refractivity contribution in [3.8, 4) is 0 Å². The van der Waals surface area contributed by atoms with Crippen molar-refractivity contribution in [1.29, 1.82) is 0 Å². The summed E-state index contributed by atoms with van der Waals surface area (Å²) in [6, 6.07) is 8.16. The second kappa shape index (κ2) is 8.14. The number of amides is 2. The van der Waals surface area contributed by atoms with Gasteiger partial charge in [-0.05, 0) is 56.0 Å². The van der Waals surface area contributed by atoms with E-state index in [0.717, 1.165) is 56.8 Å². The minimum Gasteiger partial charge on any atom is -0.296 e.